The summed E-state index contributed by atoms with van der Waals surface area (Å²) in [6, 6.07) is 18.4. The number of ketones is 1. The molecule has 0 aliphatic heterocycles. The number of carbonyl (C=O) groups is 1. The topological polar surface area (TPSA) is 53.5 Å². The maximum Gasteiger partial charge on any atom is 0.229 e. The van der Waals surface area contributed by atoms with E-state index in [0.29, 0.717) is 16.3 Å². The highest BCUT2D eigenvalue weighted by Gasteiger charge is 2.14. The highest BCUT2D eigenvalue weighted by Crippen LogP contribution is 2.13. The van der Waals surface area contributed by atoms with Crippen LogP contribution in [0.3, 0.4) is 0 Å². The fraction of sp³-hybridized carbons (Fsp3) is 0.0476. The Morgan fingerprint density at radius 1 is 0.964 bits per heavy atom. The van der Waals surface area contributed by atoms with E-state index >= 15 is 0 Å². The third-order valence-electron chi connectivity index (χ3n) is 3.84. The van der Waals surface area contributed by atoms with Gasteiger partial charge in [-0.15, -0.1) is 0 Å². The zero-order valence-corrected chi connectivity index (χ0v) is 15.4. The molecule has 28 heavy (non-hydrogen) atoms. The lowest BCUT2D eigenvalue weighted by atomic mass is 10.1. The summed E-state index contributed by atoms with van der Waals surface area (Å²) in [5, 5.41) is 0.571. The number of aliphatic imine (C=N–C) groups is 1. The molecule has 0 unspecified atom stereocenters. The van der Waals surface area contributed by atoms with Crippen LogP contribution in [0.15, 0.2) is 77.8 Å². The highest BCUT2D eigenvalue weighted by atomic mass is 35.5. The third kappa shape index (κ3) is 5.14. The van der Waals surface area contributed by atoms with Crippen molar-refractivity contribution in [2.24, 2.45) is 4.99 Å². The van der Waals surface area contributed by atoms with Crippen molar-refractivity contribution in [1.29, 1.82) is 0 Å². The van der Waals surface area contributed by atoms with Crippen LogP contribution in [0.25, 0.3) is 0 Å². The molecular weight excluding hydrogens is 384 g/mol. The van der Waals surface area contributed by atoms with E-state index in [1.165, 1.54) is 0 Å². The number of amidine groups is 1. The van der Waals surface area contributed by atoms with Gasteiger partial charge in [0.05, 0.1) is 12.2 Å². The van der Waals surface area contributed by atoms with Crippen LogP contribution < -0.4 is 10.9 Å². The molecule has 0 fully saturated rings. The fourth-order valence-corrected chi connectivity index (χ4v) is 2.51. The number of Topliss-reactive ketones (excluding diaryl/α,β-unsaturated/α-hetero) is 1. The fourth-order valence-electron chi connectivity index (χ4n) is 2.39. The molecule has 0 aliphatic carbocycles. The van der Waals surface area contributed by atoms with E-state index in [1.807, 2.05) is 0 Å². The first-order valence-corrected chi connectivity index (χ1v) is 8.76. The Labute approximate surface area is 165 Å². The second-order valence-corrected chi connectivity index (χ2v) is 6.29. The molecule has 2 N–H and O–H groups in total. The van der Waals surface area contributed by atoms with Gasteiger partial charge in [0, 0.05) is 16.1 Å². The van der Waals surface area contributed by atoms with Crippen molar-refractivity contribution in [3.8, 4) is 0 Å². The van der Waals surface area contributed by atoms with E-state index in [9.17, 15) is 13.6 Å². The quantitative estimate of drug-likeness (QED) is 0.265. The molecule has 0 aliphatic rings. The minimum absolute atomic E-state index is 0.0372. The van der Waals surface area contributed by atoms with Crippen molar-refractivity contribution in [2.45, 2.75) is 6.54 Å². The van der Waals surface area contributed by atoms with E-state index in [-0.39, 0.29) is 23.7 Å². The highest BCUT2D eigenvalue weighted by molar-refractivity contribution is 6.45. The van der Waals surface area contributed by atoms with Gasteiger partial charge in [-0.3, -0.25) is 20.6 Å². The first-order valence-electron chi connectivity index (χ1n) is 8.38. The normalized spacial score (nSPS) is 11.2. The molecule has 4 nitrogen and oxygen atoms in total. The largest absolute Gasteiger partial charge is 0.300 e. The van der Waals surface area contributed by atoms with Crippen LogP contribution in [0.4, 0.5) is 14.5 Å². The Hall–Kier alpha value is -3.25. The van der Waals surface area contributed by atoms with Crippen LogP contribution in [0.5, 0.6) is 0 Å². The minimum Gasteiger partial charge on any atom is -0.300 e. The molecule has 0 bridgehead atoms. The minimum atomic E-state index is -0.595. The molecule has 0 radical (unpaired) electrons. The predicted octanol–water partition coefficient (Wildman–Crippen LogP) is 5.02. The average molecular weight is 400 g/mol. The lowest BCUT2D eigenvalue weighted by Crippen LogP contribution is -2.36. The maximum absolute atomic E-state index is 13.9. The van der Waals surface area contributed by atoms with Gasteiger partial charge in [-0.25, -0.2) is 8.78 Å². The zero-order valence-electron chi connectivity index (χ0n) is 14.6. The van der Waals surface area contributed by atoms with Crippen LogP contribution in [0, 0.1) is 11.6 Å². The molecule has 0 saturated heterocycles. The first kappa shape index (κ1) is 19.5. The summed E-state index contributed by atoms with van der Waals surface area (Å²) in [6.45, 7) is -0.202. The molecule has 3 rings (SSSR count). The summed E-state index contributed by atoms with van der Waals surface area (Å²) in [6.07, 6.45) is 0. The Morgan fingerprint density at radius 2 is 1.68 bits per heavy atom. The molecule has 3 aromatic carbocycles. The molecule has 0 atom stereocenters. The summed E-state index contributed by atoms with van der Waals surface area (Å²) < 4.78 is 27.2. The molecule has 142 valence electrons. The number of nitrogens with one attached hydrogen (secondary N) is 2. The van der Waals surface area contributed by atoms with Gasteiger partial charge < -0.3 is 0 Å². The lowest BCUT2D eigenvalue weighted by Gasteiger charge is -2.12. The van der Waals surface area contributed by atoms with Crippen molar-refractivity contribution >= 4 is 28.9 Å². The van der Waals surface area contributed by atoms with Gasteiger partial charge in [-0.05, 0) is 42.5 Å². The molecule has 0 heterocycles. The molecule has 3 aromatic rings. The Bertz CT molecular complexity index is 992. The van der Waals surface area contributed by atoms with Gasteiger partial charge >= 0.3 is 0 Å². The number of hydrogen-bond acceptors (Lipinski definition) is 3. The zero-order chi connectivity index (χ0) is 19.9. The van der Waals surface area contributed by atoms with Gasteiger partial charge in [0.1, 0.15) is 11.6 Å². The second kappa shape index (κ2) is 9.10. The van der Waals surface area contributed by atoms with Gasteiger partial charge in [-0.2, -0.15) is 0 Å². The van der Waals surface area contributed by atoms with E-state index in [1.54, 1.807) is 54.6 Å². The van der Waals surface area contributed by atoms with Crippen molar-refractivity contribution in [3.05, 3.63) is 101 Å². The molecule has 0 aromatic heterocycles. The molecule has 7 heteroatoms. The monoisotopic (exact) mass is 399 g/mol. The lowest BCUT2D eigenvalue weighted by molar-refractivity contribution is 0.106. The number of halogens is 3. The molecule has 0 spiro atoms. The van der Waals surface area contributed by atoms with Gasteiger partial charge in [0.2, 0.25) is 5.78 Å². The Balaban J connectivity index is 1.83. The Kier molecular flexibility index (Phi) is 6.34. The number of anilines is 1. The van der Waals surface area contributed by atoms with Crippen molar-refractivity contribution < 1.29 is 13.6 Å². The third-order valence-corrected chi connectivity index (χ3v) is 4.09. The van der Waals surface area contributed by atoms with Crippen LogP contribution in [0.2, 0.25) is 5.02 Å². The number of rotatable bonds is 6. The number of carbonyl (C=O) groups excluding carboxylic acids is 1. The maximum atomic E-state index is 13.9. The van der Waals surface area contributed by atoms with E-state index in [4.69, 9.17) is 11.6 Å². The van der Waals surface area contributed by atoms with Crippen LogP contribution in [-0.4, -0.2) is 11.6 Å². The molecule has 0 saturated carbocycles. The van der Waals surface area contributed by atoms with Crippen molar-refractivity contribution in [3.63, 3.8) is 0 Å². The summed E-state index contributed by atoms with van der Waals surface area (Å²) >= 11 is 5.86. The van der Waals surface area contributed by atoms with Crippen LogP contribution in [-0.2, 0) is 6.54 Å². The van der Waals surface area contributed by atoms with Crippen LogP contribution in [0.1, 0.15) is 15.9 Å². The summed E-state index contributed by atoms with van der Waals surface area (Å²) in [5.41, 5.74) is 6.71. The van der Waals surface area contributed by atoms with Crippen molar-refractivity contribution in [2.75, 3.05) is 5.43 Å². The van der Waals surface area contributed by atoms with E-state index < -0.39 is 11.6 Å². The number of hydrogen-bond donors (Lipinski definition) is 2. The molecular formula is C21H16ClF2N3O. The number of benzene rings is 3. The predicted molar refractivity (Wildman–Crippen MR) is 106 cm³/mol. The van der Waals surface area contributed by atoms with E-state index in [2.05, 4.69) is 15.8 Å². The summed E-state index contributed by atoms with van der Waals surface area (Å²) in [7, 11) is 0. The van der Waals surface area contributed by atoms with Gasteiger partial charge in [0.15, 0.2) is 5.84 Å². The first-order chi connectivity index (χ1) is 13.5. The smallest absolute Gasteiger partial charge is 0.229 e. The molecule has 0 amide bonds. The SMILES string of the molecule is O=C(C(=NCc1cc(F)ccc1F)NNc1ccc(Cl)cc1)c1ccccc1. The van der Waals surface area contributed by atoms with E-state index in [0.717, 1.165) is 18.2 Å². The van der Waals surface area contributed by atoms with Crippen molar-refractivity contribution in [1.82, 2.24) is 5.43 Å². The van der Waals surface area contributed by atoms with Gasteiger partial charge in [-0.1, -0.05) is 41.9 Å². The number of hydrazine groups is 1. The van der Waals surface area contributed by atoms with Crippen LogP contribution >= 0.6 is 11.6 Å². The summed E-state index contributed by atoms with van der Waals surface area (Å²) in [5.74, 6) is -1.60. The average Bonchev–Trinajstić information content (AvgIpc) is 2.72. The standard InChI is InChI=1S/C21H16ClF2N3O/c22-16-6-9-18(10-7-16)26-27-21(20(28)14-4-2-1-3-5-14)25-13-15-12-17(23)8-11-19(15)24/h1-12,26H,13H2,(H,25,27). The van der Waals surface area contributed by atoms with Gasteiger partial charge in [0.25, 0.3) is 0 Å². The second-order valence-electron chi connectivity index (χ2n) is 5.85. The summed E-state index contributed by atoms with van der Waals surface area (Å²) in [4.78, 5) is 16.9. The Morgan fingerprint density at radius 3 is 2.39 bits per heavy atom. The number of nitrogens with zero attached hydrogens (tertiary/aromatic N) is 1.